The predicted molar refractivity (Wildman–Crippen MR) is 83.5 cm³/mol. The van der Waals surface area contributed by atoms with E-state index in [1.165, 1.54) is 24.0 Å². The van der Waals surface area contributed by atoms with E-state index in [1.54, 1.807) is 7.05 Å². The molecule has 11 heteroatoms. The SMILES string of the molecule is Cn1c(=O)c2[nH]c[nH+]c2n(C)c1=O.O.O=C(O)c1c([O-])cccc1O. The van der Waals surface area contributed by atoms with Crippen molar-refractivity contribution in [2.45, 2.75) is 0 Å². The Balaban J connectivity index is 0.000000244. The molecule has 11 nitrogen and oxygen atoms in total. The van der Waals surface area contributed by atoms with Gasteiger partial charge in [-0.1, -0.05) is 17.9 Å². The number of imidazole rings is 1. The largest absolute Gasteiger partial charge is 0.872 e. The summed E-state index contributed by atoms with van der Waals surface area (Å²) < 4.78 is 2.44. The number of aryl methyl sites for hydroxylation is 1. The van der Waals surface area contributed by atoms with E-state index in [1.807, 2.05) is 0 Å². The van der Waals surface area contributed by atoms with Gasteiger partial charge in [-0.2, -0.15) is 0 Å². The van der Waals surface area contributed by atoms with Gasteiger partial charge in [-0.3, -0.25) is 9.78 Å². The van der Waals surface area contributed by atoms with Crippen LogP contribution in [0.2, 0.25) is 0 Å². The van der Waals surface area contributed by atoms with Gasteiger partial charge in [0.2, 0.25) is 5.52 Å². The smallest absolute Gasteiger partial charge is 0.388 e. The van der Waals surface area contributed by atoms with Gasteiger partial charge in [0.1, 0.15) is 5.75 Å². The lowest BCUT2D eigenvalue weighted by atomic mass is 10.2. The molecule has 134 valence electrons. The molecule has 2 heterocycles. The van der Waals surface area contributed by atoms with E-state index in [9.17, 15) is 19.5 Å². The van der Waals surface area contributed by atoms with Crippen LogP contribution in [0.15, 0.2) is 34.1 Å². The molecule has 6 N–H and O–H groups in total. The lowest BCUT2D eigenvalue weighted by Crippen LogP contribution is -2.38. The summed E-state index contributed by atoms with van der Waals surface area (Å²) in [5, 5.41) is 28.0. The third-order valence-electron chi connectivity index (χ3n) is 3.31. The monoisotopic (exact) mass is 352 g/mol. The molecule has 0 radical (unpaired) electrons. The number of nitrogens with one attached hydrogen (secondary N) is 2. The van der Waals surface area contributed by atoms with Crippen molar-refractivity contribution in [2.24, 2.45) is 14.1 Å². The van der Waals surface area contributed by atoms with Crippen LogP contribution in [0.3, 0.4) is 0 Å². The molecule has 3 aromatic rings. The zero-order chi connectivity index (χ0) is 18.0. The topological polar surface area (TPSA) is 186 Å². The Morgan fingerprint density at radius 3 is 2.40 bits per heavy atom. The molecule has 0 fully saturated rings. The summed E-state index contributed by atoms with van der Waals surface area (Å²) >= 11 is 0. The van der Waals surface area contributed by atoms with Gasteiger partial charge in [0.25, 0.3) is 5.65 Å². The van der Waals surface area contributed by atoms with Crippen molar-refractivity contribution in [2.75, 3.05) is 0 Å². The normalized spacial score (nSPS) is 9.84. The number of aromatic carboxylic acids is 1. The molecular formula is C14H16N4O7. The van der Waals surface area contributed by atoms with Gasteiger partial charge in [-0.05, 0) is 6.07 Å². The average molecular weight is 352 g/mol. The summed E-state index contributed by atoms with van der Waals surface area (Å²) in [5.41, 5.74) is -0.321. The minimum absolute atomic E-state index is 0. The van der Waals surface area contributed by atoms with E-state index in [0.717, 1.165) is 16.7 Å². The second-order valence-corrected chi connectivity index (χ2v) is 4.82. The maximum absolute atomic E-state index is 11.5. The van der Waals surface area contributed by atoms with Gasteiger partial charge < -0.3 is 20.8 Å². The molecular weight excluding hydrogens is 336 g/mol. The van der Waals surface area contributed by atoms with Gasteiger partial charge in [0.15, 0.2) is 6.33 Å². The summed E-state index contributed by atoms with van der Waals surface area (Å²) in [4.78, 5) is 38.7. The highest BCUT2D eigenvalue weighted by atomic mass is 16.4. The van der Waals surface area contributed by atoms with Crippen LogP contribution in [0.25, 0.3) is 11.2 Å². The minimum atomic E-state index is -1.41. The lowest BCUT2D eigenvalue weighted by Gasteiger charge is -2.09. The van der Waals surface area contributed by atoms with Crippen molar-refractivity contribution in [3.8, 4) is 11.5 Å². The average Bonchev–Trinajstić information content (AvgIpc) is 3.01. The number of nitrogens with zero attached hydrogens (tertiary/aromatic N) is 2. The number of carboxylic acid groups (broad SMARTS) is 1. The number of carboxylic acids is 1. The molecule has 0 aliphatic heterocycles. The Morgan fingerprint density at radius 2 is 1.88 bits per heavy atom. The van der Waals surface area contributed by atoms with Gasteiger partial charge in [0.05, 0.1) is 12.6 Å². The number of hydrogen-bond acceptors (Lipinski definition) is 5. The fourth-order valence-corrected chi connectivity index (χ4v) is 2.05. The van der Waals surface area contributed by atoms with E-state index in [-0.39, 0.29) is 16.7 Å². The molecule has 3 rings (SSSR count). The third kappa shape index (κ3) is 3.50. The molecule has 0 saturated heterocycles. The van der Waals surface area contributed by atoms with E-state index in [2.05, 4.69) is 9.97 Å². The number of H-pyrrole nitrogens is 2. The minimum Gasteiger partial charge on any atom is -0.872 e. The van der Waals surface area contributed by atoms with Crippen molar-refractivity contribution in [3.05, 3.63) is 50.9 Å². The second kappa shape index (κ2) is 7.31. The van der Waals surface area contributed by atoms with Crippen molar-refractivity contribution < 1.29 is 30.6 Å². The van der Waals surface area contributed by atoms with Crippen molar-refractivity contribution in [3.63, 3.8) is 0 Å². The summed E-state index contributed by atoms with van der Waals surface area (Å²) in [6.45, 7) is 0. The van der Waals surface area contributed by atoms with E-state index < -0.39 is 23.0 Å². The maximum Gasteiger partial charge on any atom is 0.388 e. The van der Waals surface area contributed by atoms with Gasteiger partial charge in [-0.25, -0.2) is 23.7 Å². The molecule has 0 bridgehead atoms. The first-order valence-electron chi connectivity index (χ1n) is 6.62. The Morgan fingerprint density at radius 1 is 1.24 bits per heavy atom. The zero-order valence-electron chi connectivity index (χ0n) is 13.2. The molecule has 0 aliphatic carbocycles. The van der Waals surface area contributed by atoms with Crippen molar-refractivity contribution in [1.82, 2.24) is 14.1 Å². The van der Waals surface area contributed by atoms with Crippen LogP contribution in [0, 0.1) is 0 Å². The van der Waals surface area contributed by atoms with E-state index in [4.69, 9.17) is 10.2 Å². The molecule has 0 spiro atoms. The summed E-state index contributed by atoms with van der Waals surface area (Å²) in [5.74, 6) is -2.59. The number of hydrogen-bond donors (Lipinski definition) is 3. The fourth-order valence-electron chi connectivity index (χ4n) is 2.05. The van der Waals surface area contributed by atoms with Crippen LogP contribution in [0.5, 0.6) is 11.5 Å². The standard InChI is InChI=1S/C7H8N4O2.C7H6O4.H2O/c1-10-5-4(8-3-9-5)6(12)11(2)7(10)13;8-4-2-1-3-5(9)6(4)7(10)11;/h3H,1-2H3,(H,8,9);1-3,8-9H,(H,10,11);1H2. The first-order chi connectivity index (χ1) is 11.3. The number of aromatic nitrogens is 4. The van der Waals surface area contributed by atoms with Crippen molar-refractivity contribution >= 4 is 17.1 Å². The Kier molecular flexibility index (Phi) is 5.69. The number of phenols is 1. The quantitative estimate of drug-likeness (QED) is 0.442. The number of fused-ring (bicyclic) bond motifs is 1. The molecule has 0 amide bonds. The molecule has 25 heavy (non-hydrogen) atoms. The third-order valence-corrected chi connectivity index (χ3v) is 3.31. The first-order valence-corrected chi connectivity index (χ1v) is 6.62. The van der Waals surface area contributed by atoms with Crippen LogP contribution in [0.4, 0.5) is 0 Å². The Labute approximate surface area is 139 Å². The second-order valence-electron chi connectivity index (χ2n) is 4.82. The van der Waals surface area contributed by atoms with Gasteiger partial charge in [-0.15, -0.1) is 0 Å². The molecule has 0 unspecified atom stereocenters. The van der Waals surface area contributed by atoms with Gasteiger partial charge in [0, 0.05) is 7.05 Å². The summed E-state index contributed by atoms with van der Waals surface area (Å²) in [6.07, 6.45) is 1.52. The Bertz CT molecular complexity index is 1010. The fraction of sp³-hybridized carbons (Fsp3) is 0.143. The number of benzene rings is 1. The zero-order valence-corrected chi connectivity index (χ0v) is 13.2. The molecule has 1 aromatic carbocycles. The van der Waals surface area contributed by atoms with Crippen LogP contribution in [0.1, 0.15) is 10.4 Å². The van der Waals surface area contributed by atoms with Crippen LogP contribution >= 0.6 is 0 Å². The van der Waals surface area contributed by atoms with Crippen LogP contribution < -0.4 is 21.3 Å². The van der Waals surface area contributed by atoms with Crippen LogP contribution in [-0.4, -0.2) is 35.8 Å². The number of carbonyl (C=O) groups is 1. The number of aromatic hydroxyl groups is 1. The number of rotatable bonds is 1. The van der Waals surface area contributed by atoms with Gasteiger partial charge >= 0.3 is 17.2 Å². The first kappa shape index (κ1) is 19.4. The maximum atomic E-state index is 11.5. The lowest BCUT2D eigenvalue weighted by molar-refractivity contribution is -0.349. The molecule has 0 saturated carbocycles. The summed E-state index contributed by atoms with van der Waals surface area (Å²) in [6, 6.07) is 3.54. The summed E-state index contributed by atoms with van der Waals surface area (Å²) in [7, 11) is 3.05. The molecule has 2 aromatic heterocycles. The molecule has 0 aliphatic rings. The number of aromatic amines is 2. The molecule has 0 atom stereocenters. The highest BCUT2D eigenvalue weighted by Gasteiger charge is 2.14. The highest BCUT2D eigenvalue weighted by molar-refractivity contribution is 5.93. The van der Waals surface area contributed by atoms with Crippen LogP contribution in [-0.2, 0) is 14.1 Å². The predicted octanol–water partition coefficient (Wildman–Crippen LogP) is -2.28. The Hall–Kier alpha value is -3.60. The van der Waals surface area contributed by atoms with E-state index in [0.29, 0.717) is 11.2 Å². The van der Waals surface area contributed by atoms with E-state index >= 15 is 0 Å². The highest BCUT2D eigenvalue weighted by Crippen LogP contribution is 2.23. The van der Waals surface area contributed by atoms with Crippen molar-refractivity contribution in [1.29, 1.82) is 0 Å².